The van der Waals surface area contributed by atoms with E-state index in [1.54, 1.807) is 0 Å². The van der Waals surface area contributed by atoms with Crippen molar-refractivity contribution in [2.24, 2.45) is 0 Å². The molecule has 0 unspecified atom stereocenters. The summed E-state index contributed by atoms with van der Waals surface area (Å²) in [5.74, 6) is -0.778. The fraction of sp³-hybridized carbons (Fsp3) is 0.500. The van der Waals surface area contributed by atoms with Gasteiger partial charge in [0.05, 0.1) is 5.56 Å². The lowest BCUT2D eigenvalue weighted by atomic mass is 9.96. The van der Waals surface area contributed by atoms with Gasteiger partial charge in [0.1, 0.15) is 5.82 Å². The first-order valence-corrected chi connectivity index (χ1v) is 5.58. The number of nitrogens with one attached hydrogen (secondary N) is 1. The van der Waals surface area contributed by atoms with Gasteiger partial charge in [-0.3, -0.25) is 0 Å². The molecule has 5 heteroatoms. The van der Waals surface area contributed by atoms with Crippen LogP contribution in [0.5, 0.6) is 0 Å². The van der Waals surface area contributed by atoms with E-state index in [-0.39, 0.29) is 6.04 Å². The van der Waals surface area contributed by atoms with Crippen molar-refractivity contribution in [3.63, 3.8) is 0 Å². The van der Waals surface area contributed by atoms with Crippen LogP contribution in [0.15, 0.2) is 18.2 Å². The molecule has 94 valence electrons. The molecule has 0 spiro atoms. The lowest BCUT2D eigenvalue weighted by Gasteiger charge is -2.24. The van der Waals surface area contributed by atoms with Crippen LogP contribution < -0.4 is 5.32 Å². The molecule has 0 bridgehead atoms. The molecule has 1 fully saturated rings. The summed E-state index contributed by atoms with van der Waals surface area (Å²) in [6, 6.07) is 2.59. The maximum Gasteiger partial charge on any atom is 0.416 e. The van der Waals surface area contributed by atoms with Crippen molar-refractivity contribution in [1.29, 1.82) is 0 Å². The minimum Gasteiger partial charge on any atom is -0.310 e. The molecule has 0 aromatic heterocycles. The van der Waals surface area contributed by atoms with E-state index in [1.807, 2.05) is 0 Å². The maximum atomic E-state index is 13.6. The van der Waals surface area contributed by atoms with Crippen LogP contribution in [0, 0.1) is 5.82 Å². The van der Waals surface area contributed by atoms with Crippen LogP contribution in [0.1, 0.15) is 36.4 Å². The summed E-state index contributed by atoms with van der Waals surface area (Å²) in [6.07, 6.45) is -1.72. The quantitative estimate of drug-likeness (QED) is 0.747. The number of benzene rings is 1. The zero-order valence-electron chi connectivity index (χ0n) is 9.15. The Morgan fingerprint density at radius 2 is 1.94 bits per heavy atom. The van der Waals surface area contributed by atoms with E-state index >= 15 is 0 Å². The number of halogens is 4. The van der Waals surface area contributed by atoms with E-state index in [1.165, 1.54) is 6.07 Å². The average Bonchev–Trinajstić information content (AvgIpc) is 2.29. The number of hydrogen-bond acceptors (Lipinski definition) is 1. The second-order valence-corrected chi connectivity index (χ2v) is 4.24. The van der Waals surface area contributed by atoms with Crippen LogP contribution in [0.25, 0.3) is 0 Å². The largest absolute Gasteiger partial charge is 0.416 e. The molecule has 1 nitrogen and oxygen atoms in total. The summed E-state index contributed by atoms with van der Waals surface area (Å²) in [5.41, 5.74) is -0.604. The third-order valence-corrected chi connectivity index (χ3v) is 3.01. The molecule has 0 radical (unpaired) electrons. The highest BCUT2D eigenvalue weighted by Crippen LogP contribution is 2.32. The molecule has 17 heavy (non-hydrogen) atoms. The van der Waals surface area contributed by atoms with Gasteiger partial charge in [-0.1, -0.05) is 12.5 Å². The topological polar surface area (TPSA) is 12.0 Å². The van der Waals surface area contributed by atoms with Crippen molar-refractivity contribution >= 4 is 0 Å². The molecule has 1 aliphatic rings. The van der Waals surface area contributed by atoms with E-state index in [0.29, 0.717) is 11.6 Å². The Bertz CT molecular complexity index is 394. The van der Waals surface area contributed by atoms with E-state index < -0.39 is 17.6 Å². The fourth-order valence-electron chi connectivity index (χ4n) is 2.10. The molecule has 1 aromatic rings. The van der Waals surface area contributed by atoms with E-state index in [0.717, 1.165) is 31.9 Å². The monoisotopic (exact) mass is 247 g/mol. The van der Waals surface area contributed by atoms with E-state index in [2.05, 4.69) is 5.32 Å². The van der Waals surface area contributed by atoms with Crippen molar-refractivity contribution < 1.29 is 17.6 Å². The van der Waals surface area contributed by atoms with Gasteiger partial charge in [-0.15, -0.1) is 0 Å². The van der Waals surface area contributed by atoms with Crippen LogP contribution >= 0.6 is 0 Å². The molecule has 1 atom stereocenters. The standard InChI is InChI=1S/C12H13F4N/c13-10-7-8(12(14,15)16)4-5-9(10)11-3-1-2-6-17-11/h4-5,7,11,17H,1-3,6H2/t11-/m0/s1. The normalized spacial score (nSPS) is 21.5. The summed E-state index contributed by atoms with van der Waals surface area (Å²) in [6.45, 7) is 0.783. The van der Waals surface area contributed by atoms with Gasteiger partial charge in [-0.05, 0) is 31.5 Å². The van der Waals surface area contributed by atoms with Gasteiger partial charge in [0.2, 0.25) is 0 Å². The van der Waals surface area contributed by atoms with Crippen LogP contribution in [-0.4, -0.2) is 6.54 Å². The van der Waals surface area contributed by atoms with Crippen molar-refractivity contribution in [1.82, 2.24) is 5.32 Å². The Labute approximate surface area is 96.8 Å². The highest BCUT2D eigenvalue weighted by Gasteiger charge is 2.31. The third kappa shape index (κ3) is 2.77. The first-order chi connectivity index (χ1) is 7.98. The SMILES string of the molecule is Fc1cc(C(F)(F)F)ccc1[C@@H]1CCCCN1. The summed E-state index contributed by atoms with van der Waals surface area (Å²) in [5, 5.41) is 3.11. The van der Waals surface area contributed by atoms with E-state index in [9.17, 15) is 17.6 Å². The highest BCUT2D eigenvalue weighted by atomic mass is 19.4. The Morgan fingerprint density at radius 1 is 1.18 bits per heavy atom. The molecule has 1 aliphatic heterocycles. The molecule has 0 amide bonds. The van der Waals surface area contributed by atoms with Gasteiger partial charge in [-0.25, -0.2) is 4.39 Å². The molecule has 1 heterocycles. The summed E-state index contributed by atoms with van der Waals surface area (Å²) < 4.78 is 50.7. The smallest absolute Gasteiger partial charge is 0.310 e. The predicted molar refractivity (Wildman–Crippen MR) is 56.0 cm³/mol. The van der Waals surface area contributed by atoms with Crippen molar-refractivity contribution in [2.75, 3.05) is 6.54 Å². The summed E-state index contributed by atoms with van der Waals surface area (Å²) >= 11 is 0. The second kappa shape index (κ2) is 4.64. The Hall–Kier alpha value is -1.10. The summed E-state index contributed by atoms with van der Waals surface area (Å²) in [4.78, 5) is 0. The molecule has 0 aliphatic carbocycles. The lowest BCUT2D eigenvalue weighted by Crippen LogP contribution is -2.27. The zero-order valence-corrected chi connectivity index (χ0v) is 9.15. The van der Waals surface area contributed by atoms with Crippen molar-refractivity contribution in [2.45, 2.75) is 31.5 Å². The van der Waals surface area contributed by atoms with Crippen LogP contribution in [0.4, 0.5) is 17.6 Å². The number of hydrogen-bond donors (Lipinski definition) is 1. The van der Waals surface area contributed by atoms with Crippen LogP contribution in [-0.2, 0) is 6.18 Å². The fourth-order valence-corrected chi connectivity index (χ4v) is 2.10. The van der Waals surface area contributed by atoms with Gasteiger partial charge in [0.25, 0.3) is 0 Å². The number of alkyl halides is 3. The minimum absolute atomic E-state index is 0.161. The number of rotatable bonds is 1. The van der Waals surface area contributed by atoms with Gasteiger partial charge in [0, 0.05) is 11.6 Å². The zero-order chi connectivity index (χ0) is 12.5. The van der Waals surface area contributed by atoms with Gasteiger partial charge in [0.15, 0.2) is 0 Å². The van der Waals surface area contributed by atoms with Crippen molar-refractivity contribution in [3.05, 3.63) is 35.1 Å². The van der Waals surface area contributed by atoms with Crippen LogP contribution in [0.3, 0.4) is 0 Å². The van der Waals surface area contributed by atoms with E-state index in [4.69, 9.17) is 0 Å². The molecule has 1 saturated heterocycles. The van der Waals surface area contributed by atoms with Gasteiger partial charge >= 0.3 is 6.18 Å². The Balaban J connectivity index is 2.25. The highest BCUT2D eigenvalue weighted by molar-refractivity contribution is 5.28. The molecular formula is C12H13F4N. The van der Waals surface area contributed by atoms with Gasteiger partial charge in [-0.2, -0.15) is 13.2 Å². The maximum absolute atomic E-state index is 13.6. The Kier molecular flexibility index (Phi) is 3.38. The van der Waals surface area contributed by atoms with Gasteiger partial charge < -0.3 is 5.32 Å². The minimum atomic E-state index is -4.49. The molecule has 1 N–H and O–H groups in total. The second-order valence-electron chi connectivity index (χ2n) is 4.24. The van der Waals surface area contributed by atoms with Crippen LogP contribution in [0.2, 0.25) is 0 Å². The summed E-state index contributed by atoms with van der Waals surface area (Å²) in [7, 11) is 0. The molecule has 1 aromatic carbocycles. The predicted octanol–water partition coefficient (Wildman–Crippen LogP) is 3.66. The molecular weight excluding hydrogens is 234 g/mol. The number of piperidine rings is 1. The lowest BCUT2D eigenvalue weighted by molar-refractivity contribution is -0.137. The first-order valence-electron chi connectivity index (χ1n) is 5.58. The Morgan fingerprint density at radius 3 is 2.47 bits per heavy atom. The van der Waals surface area contributed by atoms with Crippen molar-refractivity contribution in [3.8, 4) is 0 Å². The molecule has 0 saturated carbocycles. The first kappa shape index (κ1) is 12.4. The molecule has 2 rings (SSSR count). The third-order valence-electron chi connectivity index (χ3n) is 3.01. The average molecular weight is 247 g/mol.